The van der Waals surface area contributed by atoms with Gasteiger partial charge in [-0.3, -0.25) is 14.5 Å². The van der Waals surface area contributed by atoms with E-state index in [-0.39, 0.29) is 18.4 Å². The molecule has 31 heavy (non-hydrogen) atoms. The van der Waals surface area contributed by atoms with Gasteiger partial charge in [0, 0.05) is 13.1 Å². The maximum Gasteiger partial charge on any atom is 0.278 e. The van der Waals surface area contributed by atoms with Gasteiger partial charge in [-0.15, -0.1) is 0 Å². The van der Waals surface area contributed by atoms with E-state index in [1.54, 1.807) is 20.3 Å². The summed E-state index contributed by atoms with van der Waals surface area (Å²) in [5, 5.41) is 0. The molecule has 4 rings (SSSR count). The number of imide groups is 1. The highest BCUT2D eigenvalue weighted by atomic mass is 16.5. The van der Waals surface area contributed by atoms with Crippen molar-refractivity contribution in [3.63, 3.8) is 0 Å². The maximum atomic E-state index is 13.5. The molecule has 1 fully saturated rings. The molecule has 0 radical (unpaired) electrons. The van der Waals surface area contributed by atoms with Crippen LogP contribution in [0.15, 0.2) is 42.1 Å². The van der Waals surface area contributed by atoms with E-state index in [2.05, 4.69) is 4.90 Å². The predicted octanol–water partition coefficient (Wildman–Crippen LogP) is 3.70. The quantitative estimate of drug-likeness (QED) is 0.667. The van der Waals surface area contributed by atoms with Gasteiger partial charge in [-0.1, -0.05) is 24.3 Å². The lowest BCUT2D eigenvalue weighted by molar-refractivity contribution is -0.138. The van der Waals surface area contributed by atoms with Gasteiger partial charge in [-0.2, -0.15) is 0 Å². The van der Waals surface area contributed by atoms with Crippen molar-refractivity contribution in [2.75, 3.05) is 27.3 Å². The smallest absolute Gasteiger partial charge is 0.278 e. The number of carbonyl (C=O) groups excluding carboxylic acids is 2. The summed E-state index contributed by atoms with van der Waals surface area (Å²) in [6.07, 6.45) is 2.06. The Bertz CT molecular complexity index is 1070. The molecule has 0 N–H and O–H groups in total. The van der Waals surface area contributed by atoms with Crippen LogP contribution in [0, 0.1) is 13.8 Å². The van der Waals surface area contributed by atoms with Crippen LogP contribution in [0.25, 0.3) is 5.57 Å². The fraction of sp³-hybridized carbons (Fsp3) is 0.360. The average molecular weight is 421 g/mol. The van der Waals surface area contributed by atoms with Crippen LogP contribution in [0.3, 0.4) is 0 Å². The van der Waals surface area contributed by atoms with E-state index < -0.39 is 0 Å². The van der Waals surface area contributed by atoms with Crippen LogP contribution in [0.2, 0.25) is 0 Å². The molecule has 0 unspecified atom stereocenters. The van der Waals surface area contributed by atoms with Gasteiger partial charge in [-0.25, -0.2) is 0 Å². The Morgan fingerprint density at radius 2 is 1.55 bits per heavy atom. The molecule has 0 saturated carbocycles. The van der Waals surface area contributed by atoms with E-state index in [4.69, 9.17) is 9.47 Å². The predicted molar refractivity (Wildman–Crippen MR) is 119 cm³/mol. The fourth-order valence-electron chi connectivity index (χ4n) is 4.26. The first kappa shape index (κ1) is 21.0. The van der Waals surface area contributed by atoms with Gasteiger partial charge in [0.05, 0.1) is 26.3 Å². The highest BCUT2D eigenvalue weighted by Crippen LogP contribution is 2.36. The Labute approximate surface area is 183 Å². The Morgan fingerprint density at radius 3 is 2.19 bits per heavy atom. The molecule has 0 aliphatic carbocycles. The molecular weight excluding hydrogens is 392 g/mol. The van der Waals surface area contributed by atoms with Crippen molar-refractivity contribution >= 4 is 17.4 Å². The number of ether oxygens (including phenoxy) is 2. The number of nitrogens with zero attached hydrogens (tertiary/aromatic N) is 2. The molecule has 2 heterocycles. The number of hydrogen-bond acceptors (Lipinski definition) is 5. The van der Waals surface area contributed by atoms with Gasteiger partial charge in [0.2, 0.25) is 0 Å². The molecule has 162 valence electrons. The summed E-state index contributed by atoms with van der Waals surface area (Å²) < 4.78 is 10.7. The van der Waals surface area contributed by atoms with Crippen LogP contribution in [0.5, 0.6) is 11.5 Å². The minimum atomic E-state index is -0.245. The van der Waals surface area contributed by atoms with Crippen molar-refractivity contribution in [1.82, 2.24) is 9.80 Å². The van der Waals surface area contributed by atoms with Crippen molar-refractivity contribution < 1.29 is 19.1 Å². The van der Waals surface area contributed by atoms with Crippen molar-refractivity contribution in [2.45, 2.75) is 33.2 Å². The van der Waals surface area contributed by atoms with E-state index in [1.807, 2.05) is 44.2 Å². The zero-order valence-electron chi connectivity index (χ0n) is 18.5. The van der Waals surface area contributed by atoms with E-state index in [9.17, 15) is 9.59 Å². The molecule has 2 aromatic carbocycles. The third-order valence-corrected chi connectivity index (χ3v) is 6.15. The standard InChI is InChI=1S/C25H28N2O4/c1-16-7-9-19(13-17(16)2)22-23(26-11-5-6-12-26)25(29)27(24(22)28)15-18-8-10-20(30-3)21(14-18)31-4/h7-10,13-14H,5-6,11-12,15H2,1-4H3. The molecule has 0 aromatic heterocycles. The first-order valence-corrected chi connectivity index (χ1v) is 10.6. The molecular formula is C25H28N2O4. The number of aryl methyl sites for hydroxylation is 2. The third-order valence-electron chi connectivity index (χ3n) is 6.15. The molecule has 0 bridgehead atoms. The van der Waals surface area contributed by atoms with E-state index in [0.29, 0.717) is 22.8 Å². The molecule has 6 nitrogen and oxygen atoms in total. The SMILES string of the molecule is COc1ccc(CN2C(=O)C(c3ccc(C)c(C)c3)=C(N3CCCC3)C2=O)cc1OC. The molecule has 2 aromatic rings. The number of amides is 2. The van der Waals surface area contributed by atoms with Crippen LogP contribution >= 0.6 is 0 Å². The lowest BCUT2D eigenvalue weighted by Crippen LogP contribution is -2.34. The number of methoxy groups -OCH3 is 2. The first-order valence-electron chi connectivity index (χ1n) is 10.6. The van der Waals surface area contributed by atoms with Gasteiger partial charge in [0.15, 0.2) is 11.5 Å². The Morgan fingerprint density at radius 1 is 0.839 bits per heavy atom. The van der Waals surface area contributed by atoms with Crippen LogP contribution in [-0.4, -0.2) is 48.9 Å². The topological polar surface area (TPSA) is 59.1 Å². The highest BCUT2D eigenvalue weighted by Gasteiger charge is 2.42. The van der Waals surface area contributed by atoms with Crippen molar-refractivity contribution in [3.05, 3.63) is 64.3 Å². The summed E-state index contributed by atoms with van der Waals surface area (Å²) >= 11 is 0. The summed E-state index contributed by atoms with van der Waals surface area (Å²) in [4.78, 5) is 30.4. The monoisotopic (exact) mass is 420 g/mol. The van der Waals surface area contributed by atoms with Crippen molar-refractivity contribution in [2.24, 2.45) is 0 Å². The number of rotatable bonds is 6. The summed E-state index contributed by atoms with van der Waals surface area (Å²) in [6, 6.07) is 11.4. The van der Waals surface area contributed by atoms with Crippen LogP contribution < -0.4 is 9.47 Å². The van der Waals surface area contributed by atoms with Gasteiger partial charge >= 0.3 is 0 Å². The van der Waals surface area contributed by atoms with Crippen LogP contribution in [0.4, 0.5) is 0 Å². The lowest BCUT2D eigenvalue weighted by atomic mass is 9.99. The Balaban J connectivity index is 1.72. The zero-order chi connectivity index (χ0) is 22.1. The molecule has 2 aliphatic heterocycles. The normalized spacial score (nSPS) is 16.5. The van der Waals surface area contributed by atoms with Gasteiger partial charge in [0.1, 0.15) is 5.70 Å². The number of hydrogen-bond donors (Lipinski definition) is 0. The summed E-state index contributed by atoms with van der Waals surface area (Å²) in [6.45, 7) is 5.85. The Hall–Kier alpha value is -3.28. The van der Waals surface area contributed by atoms with Crippen LogP contribution in [0.1, 0.15) is 35.1 Å². The molecule has 6 heteroatoms. The minimum absolute atomic E-state index is 0.184. The van der Waals surface area contributed by atoms with E-state index in [0.717, 1.165) is 48.2 Å². The van der Waals surface area contributed by atoms with Crippen molar-refractivity contribution in [3.8, 4) is 11.5 Å². The fourth-order valence-corrected chi connectivity index (χ4v) is 4.26. The number of benzene rings is 2. The molecule has 2 aliphatic rings. The largest absolute Gasteiger partial charge is 0.493 e. The summed E-state index contributed by atoms with van der Waals surface area (Å²) in [7, 11) is 3.14. The third kappa shape index (κ3) is 3.78. The summed E-state index contributed by atoms with van der Waals surface area (Å²) in [5.41, 5.74) is 4.91. The van der Waals surface area contributed by atoms with Crippen LogP contribution in [-0.2, 0) is 16.1 Å². The molecule has 1 saturated heterocycles. The van der Waals surface area contributed by atoms with Crippen molar-refractivity contribution in [1.29, 1.82) is 0 Å². The van der Waals surface area contributed by atoms with E-state index >= 15 is 0 Å². The molecule has 0 atom stereocenters. The van der Waals surface area contributed by atoms with Gasteiger partial charge < -0.3 is 14.4 Å². The number of carbonyl (C=O) groups is 2. The first-order chi connectivity index (χ1) is 14.9. The zero-order valence-corrected chi connectivity index (χ0v) is 18.5. The summed E-state index contributed by atoms with van der Waals surface area (Å²) in [5.74, 6) is 0.707. The molecule has 0 spiro atoms. The van der Waals surface area contributed by atoms with Gasteiger partial charge in [0.25, 0.3) is 11.8 Å². The highest BCUT2D eigenvalue weighted by molar-refractivity contribution is 6.35. The maximum absolute atomic E-state index is 13.5. The Kier molecular flexibility index (Phi) is 5.72. The molecule has 2 amide bonds. The van der Waals surface area contributed by atoms with E-state index in [1.165, 1.54) is 4.90 Å². The number of likely N-dealkylation sites (tertiary alicyclic amines) is 1. The second-order valence-electron chi connectivity index (χ2n) is 8.10. The minimum Gasteiger partial charge on any atom is -0.493 e. The average Bonchev–Trinajstić information content (AvgIpc) is 3.38. The van der Waals surface area contributed by atoms with Gasteiger partial charge in [-0.05, 0) is 61.1 Å². The second-order valence-corrected chi connectivity index (χ2v) is 8.10. The second kappa shape index (κ2) is 8.46. The lowest BCUT2D eigenvalue weighted by Gasteiger charge is -2.20.